The number of anilines is 1. The summed E-state index contributed by atoms with van der Waals surface area (Å²) in [7, 11) is 0. The number of benzene rings is 1. The van der Waals surface area contributed by atoms with Crippen LogP contribution in [0.25, 0.3) is 0 Å². The monoisotopic (exact) mass is 297 g/mol. The van der Waals surface area contributed by atoms with Gasteiger partial charge in [-0.25, -0.2) is 0 Å². The van der Waals surface area contributed by atoms with E-state index in [2.05, 4.69) is 20.8 Å². The fourth-order valence-electron chi connectivity index (χ4n) is 2.32. The quantitative estimate of drug-likeness (QED) is 0.872. The van der Waals surface area contributed by atoms with E-state index < -0.39 is 0 Å². The minimum absolute atomic E-state index is 0.223. The van der Waals surface area contributed by atoms with Crippen LogP contribution in [0.5, 0.6) is 0 Å². The van der Waals surface area contributed by atoms with Crippen LogP contribution in [0.4, 0.5) is 5.69 Å². The van der Waals surface area contributed by atoms with Crippen LogP contribution in [0.1, 0.15) is 23.2 Å². The second-order valence-electron chi connectivity index (χ2n) is 4.46. The van der Waals surface area contributed by atoms with E-state index in [1.807, 2.05) is 18.2 Å². The number of piperidine rings is 1. The van der Waals surface area contributed by atoms with E-state index in [0.717, 1.165) is 42.4 Å². The lowest BCUT2D eigenvalue weighted by atomic mass is 9.98. The van der Waals surface area contributed by atoms with Crippen LogP contribution in [0.2, 0.25) is 0 Å². The molecule has 1 heterocycles. The molecule has 0 aromatic heterocycles. The molecule has 17 heavy (non-hydrogen) atoms. The molecule has 1 aliphatic heterocycles. The summed E-state index contributed by atoms with van der Waals surface area (Å²) in [6.45, 7) is 2.00. The molecule has 1 aromatic rings. The third-order valence-electron chi connectivity index (χ3n) is 3.24. The van der Waals surface area contributed by atoms with Gasteiger partial charge in [0.2, 0.25) is 0 Å². The maximum atomic E-state index is 11.0. The van der Waals surface area contributed by atoms with Crippen molar-refractivity contribution in [1.29, 1.82) is 0 Å². The zero-order valence-electron chi connectivity index (χ0n) is 9.60. The van der Waals surface area contributed by atoms with Gasteiger partial charge in [-0.2, -0.15) is 0 Å². The lowest BCUT2D eigenvalue weighted by Gasteiger charge is -2.34. The molecule has 1 atom stereocenters. The number of halogens is 1. The summed E-state index contributed by atoms with van der Waals surface area (Å²) in [6, 6.07) is 5.68. The van der Waals surface area contributed by atoms with Crippen LogP contribution in [0, 0.1) is 5.92 Å². The van der Waals surface area contributed by atoms with Gasteiger partial charge < -0.3 is 10.0 Å². The van der Waals surface area contributed by atoms with Gasteiger partial charge in [0.15, 0.2) is 6.29 Å². The normalized spacial score (nSPS) is 20.4. The summed E-state index contributed by atoms with van der Waals surface area (Å²) in [5, 5.41) is 9.23. The van der Waals surface area contributed by atoms with E-state index in [4.69, 9.17) is 0 Å². The van der Waals surface area contributed by atoms with Gasteiger partial charge in [-0.05, 0) is 37.0 Å². The van der Waals surface area contributed by atoms with Crippen molar-refractivity contribution in [3.05, 3.63) is 28.2 Å². The van der Waals surface area contributed by atoms with Gasteiger partial charge in [0.25, 0.3) is 0 Å². The number of nitrogens with zero attached hydrogens (tertiary/aromatic N) is 1. The molecule has 1 N–H and O–H groups in total. The number of rotatable bonds is 3. The van der Waals surface area contributed by atoms with Crippen molar-refractivity contribution in [3.8, 4) is 0 Å². The van der Waals surface area contributed by atoms with Gasteiger partial charge in [-0.3, -0.25) is 4.79 Å². The highest BCUT2D eigenvalue weighted by Gasteiger charge is 2.21. The Labute approximate surface area is 110 Å². The Balaban J connectivity index is 2.25. The van der Waals surface area contributed by atoms with Crippen molar-refractivity contribution in [2.45, 2.75) is 12.8 Å². The molecule has 0 saturated carbocycles. The summed E-state index contributed by atoms with van der Waals surface area (Å²) in [4.78, 5) is 13.2. The summed E-state index contributed by atoms with van der Waals surface area (Å²) in [5.41, 5.74) is 1.68. The molecule has 0 aliphatic carbocycles. The van der Waals surface area contributed by atoms with Gasteiger partial charge in [0, 0.05) is 35.4 Å². The number of aliphatic hydroxyl groups excluding tert-OH is 1. The Morgan fingerprint density at radius 3 is 3.06 bits per heavy atom. The summed E-state index contributed by atoms with van der Waals surface area (Å²) < 4.78 is 0.976. The fraction of sp³-hybridized carbons (Fsp3) is 0.462. The fourth-order valence-corrected chi connectivity index (χ4v) is 2.67. The molecule has 1 fully saturated rings. The molecular formula is C13H16BrNO2. The average molecular weight is 298 g/mol. The second-order valence-corrected chi connectivity index (χ2v) is 5.37. The van der Waals surface area contributed by atoms with Crippen molar-refractivity contribution in [3.63, 3.8) is 0 Å². The van der Waals surface area contributed by atoms with Gasteiger partial charge in [-0.1, -0.05) is 15.9 Å². The third-order valence-corrected chi connectivity index (χ3v) is 3.73. The van der Waals surface area contributed by atoms with E-state index in [1.54, 1.807) is 0 Å². The molecule has 3 nitrogen and oxygen atoms in total. The van der Waals surface area contributed by atoms with Crippen LogP contribution in [-0.4, -0.2) is 31.1 Å². The first kappa shape index (κ1) is 12.6. The van der Waals surface area contributed by atoms with Crippen molar-refractivity contribution in [2.24, 2.45) is 5.92 Å². The molecule has 2 rings (SSSR count). The number of carbonyl (C=O) groups excluding carboxylic acids is 1. The zero-order valence-corrected chi connectivity index (χ0v) is 11.2. The van der Waals surface area contributed by atoms with Crippen molar-refractivity contribution >= 4 is 27.9 Å². The average Bonchev–Trinajstić information content (AvgIpc) is 2.39. The van der Waals surface area contributed by atoms with E-state index in [1.165, 1.54) is 0 Å². The molecule has 0 radical (unpaired) electrons. The van der Waals surface area contributed by atoms with E-state index >= 15 is 0 Å². The molecule has 4 heteroatoms. The summed E-state index contributed by atoms with van der Waals surface area (Å²) in [6.07, 6.45) is 3.03. The molecule has 92 valence electrons. The Morgan fingerprint density at radius 2 is 2.35 bits per heavy atom. The highest BCUT2D eigenvalue weighted by Crippen LogP contribution is 2.28. The van der Waals surface area contributed by atoms with Gasteiger partial charge in [0.1, 0.15) is 0 Å². The van der Waals surface area contributed by atoms with Gasteiger partial charge >= 0.3 is 0 Å². The van der Waals surface area contributed by atoms with Crippen LogP contribution in [-0.2, 0) is 0 Å². The van der Waals surface area contributed by atoms with Crippen LogP contribution < -0.4 is 4.90 Å². The molecule has 0 amide bonds. The van der Waals surface area contributed by atoms with E-state index in [0.29, 0.717) is 11.5 Å². The SMILES string of the molecule is O=Cc1ccc(Br)cc1N1CCCC(CO)C1. The Hall–Kier alpha value is -0.870. The number of aliphatic hydroxyl groups is 1. The minimum atomic E-state index is 0.223. The lowest BCUT2D eigenvalue weighted by molar-refractivity contribution is 0.112. The Morgan fingerprint density at radius 1 is 1.53 bits per heavy atom. The molecule has 1 unspecified atom stereocenters. The van der Waals surface area contributed by atoms with Crippen LogP contribution in [0.3, 0.4) is 0 Å². The lowest BCUT2D eigenvalue weighted by Crippen LogP contribution is -2.37. The van der Waals surface area contributed by atoms with Crippen molar-refractivity contribution in [1.82, 2.24) is 0 Å². The Kier molecular flexibility index (Phi) is 4.18. The first-order valence-electron chi connectivity index (χ1n) is 5.85. The van der Waals surface area contributed by atoms with E-state index in [-0.39, 0.29) is 6.61 Å². The molecule has 1 aromatic carbocycles. The molecule has 0 bridgehead atoms. The second kappa shape index (κ2) is 5.65. The highest BCUT2D eigenvalue weighted by atomic mass is 79.9. The number of hydrogen-bond acceptors (Lipinski definition) is 3. The first-order chi connectivity index (χ1) is 8.24. The largest absolute Gasteiger partial charge is 0.396 e. The predicted octanol–water partition coefficient (Wildman–Crippen LogP) is 2.47. The standard InChI is InChI=1S/C13H16BrNO2/c14-12-4-3-11(9-17)13(6-12)15-5-1-2-10(7-15)8-16/h3-4,6,9-10,16H,1-2,5,7-8H2. The number of carbonyl (C=O) groups is 1. The highest BCUT2D eigenvalue weighted by molar-refractivity contribution is 9.10. The molecule has 0 spiro atoms. The number of hydrogen-bond donors (Lipinski definition) is 1. The predicted molar refractivity (Wildman–Crippen MR) is 71.6 cm³/mol. The maximum absolute atomic E-state index is 11.0. The van der Waals surface area contributed by atoms with Crippen molar-refractivity contribution < 1.29 is 9.90 Å². The maximum Gasteiger partial charge on any atom is 0.152 e. The topological polar surface area (TPSA) is 40.5 Å². The van der Waals surface area contributed by atoms with Gasteiger partial charge in [0.05, 0.1) is 0 Å². The summed E-state index contributed by atoms with van der Waals surface area (Å²) >= 11 is 3.43. The minimum Gasteiger partial charge on any atom is -0.396 e. The Bertz CT molecular complexity index is 408. The molecule has 1 aliphatic rings. The molecule has 1 saturated heterocycles. The zero-order chi connectivity index (χ0) is 12.3. The van der Waals surface area contributed by atoms with Crippen molar-refractivity contribution in [2.75, 3.05) is 24.6 Å². The van der Waals surface area contributed by atoms with Crippen LogP contribution >= 0.6 is 15.9 Å². The first-order valence-corrected chi connectivity index (χ1v) is 6.64. The van der Waals surface area contributed by atoms with Crippen LogP contribution in [0.15, 0.2) is 22.7 Å². The molecular weight excluding hydrogens is 282 g/mol. The third kappa shape index (κ3) is 2.87. The smallest absolute Gasteiger partial charge is 0.152 e. The van der Waals surface area contributed by atoms with E-state index in [9.17, 15) is 9.90 Å². The number of aldehydes is 1. The van der Waals surface area contributed by atoms with Gasteiger partial charge in [-0.15, -0.1) is 0 Å². The summed E-state index contributed by atoms with van der Waals surface area (Å²) in [5.74, 6) is 0.322.